The van der Waals surface area contributed by atoms with Crippen LogP contribution in [0.25, 0.3) is 0 Å². The van der Waals surface area contributed by atoms with Crippen molar-refractivity contribution < 1.29 is 13.6 Å². The number of anilines is 1. The summed E-state index contributed by atoms with van der Waals surface area (Å²) in [4.78, 5) is 16.0. The zero-order valence-corrected chi connectivity index (χ0v) is 10.7. The monoisotopic (exact) mass is 263 g/mol. The normalized spacial score (nSPS) is 10.5. The van der Waals surface area contributed by atoms with Crippen LogP contribution in [0.1, 0.15) is 27.7 Å². The molecule has 1 amide bonds. The SMILES string of the molecule is Cc1nc(CNC(=O)c2cccc(F)c2N)oc1C. The minimum Gasteiger partial charge on any atom is -0.444 e. The summed E-state index contributed by atoms with van der Waals surface area (Å²) < 4.78 is 18.5. The van der Waals surface area contributed by atoms with E-state index in [1.165, 1.54) is 18.2 Å². The number of nitrogens with zero attached hydrogens (tertiary/aromatic N) is 1. The van der Waals surface area contributed by atoms with Gasteiger partial charge in [0.05, 0.1) is 23.5 Å². The maximum Gasteiger partial charge on any atom is 0.253 e. The maximum atomic E-state index is 13.2. The highest BCUT2D eigenvalue weighted by Crippen LogP contribution is 2.15. The standard InChI is InChI=1S/C13H14FN3O2/c1-7-8(2)19-11(17-7)6-16-13(18)9-4-3-5-10(14)12(9)15/h3-5H,6,15H2,1-2H3,(H,16,18). The van der Waals surface area contributed by atoms with Crippen LogP contribution in [0.2, 0.25) is 0 Å². The molecule has 1 aromatic carbocycles. The number of aromatic nitrogens is 1. The molecule has 0 atom stereocenters. The number of oxazole rings is 1. The second-order valence-electron chi connectivity index (χ2n) is 4.13. The number of halogens is 1. The van der Waals surface area contributed by atoms with Crippen LogP contribution in [0.3, 0.4) is 0 Å². The average Bonchev–Trinajstić information content (AvgIpc) is 2.69. The molecule has 1 heterocycles. The highest BCUT2D eigenvalue weighted by atomic mass is 19.1. The van der Waals surface area contributed by atoms with Gasteiger partial charge in [0.1, 0.15) is 11.6 Å². The molecule has 0 bridgehead atoms. The van der Waals surface area contributed by atoms with Crippen molar-refractivity contribution >= 4 is 11.6 Å². The molecular formula is C13H14FN3O2. The van der Waals surface area contributed by atoms with E-state index in [9.17, 15) is 9.18 Å². The van der Waals surface area contributed by atoms with Crippen LogP contribution in [0.15, 0.2) is 22.6 Å². The number of hydrogen-bond acceptors (Lipinski definition) is 4. The van der Waals surface area contributed by atoms with Gasteiger partial charge in [-0.05, 0) is 26.0 Å². The highest BCUT2D eigenvalue weighted by Gasteiger charge is 2.13. The van der Waals surface area contributed by atoms with Gasteiger partial charge in [0.15, 0.2) is 0 Å². The lowest BCUT2D eigenvalue weighted by Crippen LogP contribution is -2.24. The molecule has 6 heteroatoms. The molecule has 0 aliphatic rings. The number of nitrogens with two attached hydrogens (primary N) is 1. The zero-order valence-electron chi connectivity index (χ0n) is 10.7. The van der Waals surface area contributed by atoms with Crippen LogP contribution >= 0.6 is 0 Å². The Morgan fingerprint density at radius 3 is 2.84 bits per heavy atom. The minimum absolute atomic E-state index is 0.0972. The number of carbonyl (C=O) groups is 1. The third-order valence-electron chi connectivity index (χ3n) is 2.77. The van der Waals surface area contributed by atoms with Crippen molar-refractivity contribution in [2.75, 3.05) is 5.73 Å². The molecule has 2 rings (SSSR count). The number of carbonyl (C=O) groups excluding carboxylic acids is 1. The van der Waals surface area contributed by atoms with E-state index in [1.807, 2.05) is 6.92 Å². The second-order valence-corrected chi connectivity index (χ2v) is 4.13. The fraction of sp³-hybridized carbons (Fsp3) is 0.231. The lowest BCUT2D eigenvalue weighted by Gasteiger charge is -2.06. The first kappa shape index (κ1) is 13.1. The Morgan fingerprint density at radius 1 is 1.47 bits per heavy atom. The summed E-state index contributed by atoms with van der Waals surface area (Å²) in [6.07, 6.45) is 0. The largest absolute Gasteiger partial charge is 0.444 e. The van der Waals surface area contributed by atoms with E-state index in [1.54, 1.807) is 6.92 Å². The fourth-order valence-electron chi connectivity index (χ4n) is 1.60. The van der Waals surface area contributed by atoms with Gasteiger partial charge in [-0.15, -0.1) is 0 Å². The molecule has 19 heavy (non-hydrogen) atoms. The predicted octanol–water partition coefficient (Wildman–Crippen LogP) is 1.94. The number of para-hydroxylation sites is 1. The van der Waals surface area contributed by atoms with Gasteiger partial charge < -0.3 is 15.5 Å². The predicted molar refractivity (Wildman–Crippen MR) is 68.0 cm³/mol. The van der Waals surface area contributed by atoms with E-state index >= 15 is 0 Å². The third-order valence-corrected chi connectivity index (χ3v) is 2.77. The molecule has 0 unspecified atom stereocenters. The van der Waals surface area contributed by atoms with Gasteiger partial charge in [-0.3, -0.25) is 4.79 Å². The van der Waals surface area contributed by atoms with Gasteiger partial charge in [0.2, 0.25) is 5.89 Å². The van der Waals surface area contributed by atoms with Gasteiger partial charge in [-0.1, -0.05) is 6.07 Å². The number of hydrogen-bond donors (Lipinski definition) is 2. The molecule has 0 spiro atoms. The summed E-state index contributed by atoms with van der Waals surface area (Å²) in [7, 11) is 0. The molecule has 5 nitrogen and oxygen atoms in total. The summed E-state index contributed by atoms with van der Waals surface area (Å²) in [6.45, 7) is 3.73. The molecule has 0 radical (unpaired) electrons. The number of benzene rings is 1. The number of nitrogen functional groups attached to an aromatic ring is 1. The van der Waals surface area contributed by atoms with Gasteiger partial charge in [-0.2, -0.15) is 0 Å². The molecular weight excluding hydrogens is 249 g/mol. The lowest BCUT2D eigenvalue weighted by atomic mass is 10.1. The number of nitrogens with one attached hydrogen (secondary N) is 1. The van der Waals surface area contributed by atoms with E-state index in [2.05, 4.69) is 10.3 Å². The topological polar surface area (TPSA) is 81.2 Å². The van der Waals surface area contributed by atoms with E-state index in [0.717, 1.165) is 5.69 Å². The molecule has 2 aromatic rings. The summed E-state index contributed by atoms with van der Waals surface area (Å²) in [5, 5.41) is 2.58. The Hall–Kier alpha value is -2.37. The molecule has 100 valence electrons. The number of rotatable bonds is 3. The van der Waals surface area contributed by atoms with Gasteiger partial charge in [0.25, 0.3) is 5.91 Å². The zero-order chi connectivity index (χ0) is 14.0. The van der Waals surface area contributed by atoms with E-state index in [0.29, 0.717) is 11.7 Å². The maximum absolute atomic E-state index is 13.2. The smallest absolute Gasteiger partial charge is 0.253 e. The van der Waals surface area contributed by atoms with Crippen molar-refractivity contribution in [3.05, 3.63) is 46.9 Å². The average molecular weight is 263 g/mol. The van der Waals surface area contributed by atoms with Crippen molar-refractivity contribution in [1.82, 2.24) is 10.3 Å². The summed E-state index contributed by atoms with van der Waals surface area (Å²) in [6, 6.07) is 4.09. The van der Waals surface area contributed by atoms with Crippen LogP contribution in [-0.4, -0.2) is 10.9 Å². The first-order chi connectivity index (χ1) is 8.99. The quantitative estimate of drug-likeness (QED) is 0.829. The minimum atomic E-state index is -0.615. The Balaban J connectivity index is 2.07. The second kappa shape index (κ2) is 5.09. The van der Waals surface area contributed by atoms with Crippen LogP contribution in [0.4, 0.5) is 10.1 Å². The van der Waals surface area contributed by atoms with Crippen LogP contribution in [0, 0.1) is 19.7 Å². The first-order valence-electron chi connectivity index (χ1n) is 5.74. The van der Waals surface area contributed by atoms with Gasteiger partial charge >= 0.3 is 0 Å². The van der Waals surface area contributed by atoms with Crippen LogP contribution in [-0.2, 0) is 6.54 Å². The summed E-state index contributed by atoms with van der Waals surface area (Å²) >= 11 is 0. The van der Waals surface area contributed by atoms with E-state index in [-0.39, 0.29) is 17.8 Å². The van der Waals surface area contributed by atoms with Crippen LogP contribution in [0.5, 0.6) is 0 Å². The first-order valence-corrected chi connectivity index (χ1v) is 5.74. The highest BCUT2D eigenvalue weighted by molar-refractivity contribution is 5.99. The van der Waals surface area contributed by atoms with Crippen molar-refractivity contribution in [1.29, 1.82) is 0 Å². The van der Waals surface area contributed by atoms with Gasteiger partial charge in [0, 0.05) is 0 Å². The summed E-state index contributed by atoms with van der Waals surface area (Å²) in [5.41, 5.74) is 6.21. The molecule has 0 aliphatic carbocycles. The lowest BCUT2D eigenvalue weighted by molar-refractivity contribution is 0.0947. The van der Waals surface area contributed by atoms with E-state index < -0.39 is 11.7 Å². The molecule has 0 saturated heterocycles. The van der Waals surface area contributed by atoms with Crippen molar-refractivity contribution in [3.63, 3.8) is 0 Å². The Morgan fingerprint density at radius 2 is 2.21 bits per heavy atom. The summed E-state index contributed by atoms with van der Waals surface area (Å²) in [5.74, 6) is 0.0220. The van der Waals surface area contributed by atoms with Crippen molar-refractivity contribution in [3.8, 4) is 0 Å². The van der Waals surface area contributed by atoms with Gasteiger partial charge in [-0.25, -0.2) is 9.37 Å². The number of aryl methyl sites for hydroxylation is 2. The molecule has 1 aromatic heterocycles. The number of amides is 1. The molecule has 0 aliphatic heterocycles. The molecule has 3 N–H and O–H groups in total. The third kappa shape index (κ3) is 2.73. The fourth-order valence-corrected chi connectivity index (χ4v) is 1.60. The Bertz CT molecular complexity index is 603. The Labute approximate surface area is 109 Å². The van der Waals surface area contributed by atoms with Crippen molar-refractivity contribution in [2.24, 2.45) is 0 Å². The van der Waals surface area contributed by atoms with E-state index in [4.69, 9.17) is 10.2 Å². The molecule has 0 saturated carbocycles. The molecule has 0 fully saturated rings. The van der Waals surface area contributed by atoms with Crippen LogP contribution < -0.4 is 11.1 Å². The Kier molecular flexibility index (Phi) is 3.50. The van der Waals surface area contributed by atoms with Crippen molar-refractivity contribution in [2.45, 2.75) is 20.4 Å².